The van der Waals surface area contributed by atoms with Crippen LogP contribution in [0.15, 0.2) is 9.59 Å². The lowest BCUT2D eigenvalue weighted by molar-refractivity contribution is -0.922. The van der Waals surface area contributed by atoms with Gasteiger partial charge in [-0.25, -0.2) is 9.78 Å². The molecule has 0 saturated carbocycles. The highest BCUT2D eigenvalue weighted by Gasteiger charge is 2.24. The van der Waals surface area contributed by atoms with E-state index in [-0.39, 0.29) is 11.2 Å². The number of nitrogens with zero attached hydrogens (tertiary/aromatic N) is 4. The predicted octanol–water partition coefficient (Wildman–Crippen LogP) is -0.341. The van der Waals surface area contributed by atoms with E-state index in [0.717, 1.165) is 44.3 Å². The first kappa shape index (κ1) is 17.0. The molecule has 0 spiro atoms. The van der Waals surface area contributed by atoms with Gasteiger partial charge in [-0.05, 0) is 19.3 Å². The molecular formula is C17H28N5O2+. The molecule has 0 radical (unpaired) electrons. The number of aryl methyl sites for hydroxylation is 2. The molecule has 7 nitrogen and oxygen atoms in total. The molecule has 0 amide bonds. The van der Waals surface area contributed by atoms with Gasteiger partial charge >= 0.3 is 5.69 Å². The van der Waals surface area contributed by atoms with Crippen LogP contribution in [-0.4, -0.2) is 31.8 Å². The highest BCUT2D eigenvalue weighted by Crippen LogP contribution is 2.12. The van der Waals surface area contributed by atoms with Gasteiger partial charge in [0.1, 0.15) is 6.54 Å². The molecule has 2 aromatic rings. The van der Waals surface area contributed by atoms with Gasteiger partial charge in [-0.1, -0.05) is 13.8 Å². The minimum absolute atomic E-state index is 0.248. The zero-order valence-electron chi connectivity index (χ0n) is 15.1. The van der Waals surface area contributed by atoms with Crippen LogP contribution in [-0.2, 0) is 27.2 Å². The Morgan fingerprint density at radius 1 is 1.25 bits per heavy atom. The van der Waals surface area contributed by atoms with Crippen molar-refractivity contribution in [1.82, 2.24) is 18.7 Å². The van der Waals surface area contributed by atoms with E-state index in [1.54, 1.807) is 7.05 Å². The summed E-state index contributed by atoms with van der Waals surface area (Å²) in [6.45, 7) is 8.26. The van der Waals surface area contributed by atoms with Crippen LogP contribution in [0.2, 0.25) is 0 Å². The number of hydrogen-bond donors (Lipinski definition) is 1. The molecule has 0 aliphatic carbocycles. The SMILES string of the molecule is CCCn1c(C[NH+]2CCCC(C)C2)nc2c1c(=O)n(C)c(=O)n2C. The maximum Gasteiger partial charge on any atom is 0.332 e. The van der Waals surface area contributed by atoms with Crippen molar-refractivity contribution in [2.24, 2.45) is 20.0 Å². The van der Waals surface area contributed by atoms with Crippen LogP contribution in [0.25, 0.3) is 11.2 Å². The van der Waals surface area contributed by atoms with E-state index in [1.165, 1.54) is 33.9 Å². The van der Waals surface area contributed by atoms with E-state index in [0.29, 0.717) is 11.2 Å². The molecule has 1 N–H and O–H groups in total. The first-order valence-corrected chi connectivity index (χ1v) is 8.92. The van der Waals surface area contributed by atoms with Gasteiger partial charge in [0.2, 0.25) is 0 Å². The van der Waals surface area contributed by atoms with Crippen molar-refractivity contribution in [1.29, 1.82) is 0 Å². The molecule has 0 aromatic carbocycles. The van der Waals surface area contributed by atoms with Crippen molar-refractivity contribution < 1.29 is 4.90 Å². The van der Waals surface area contributed by atoms with Gasteiger partial charge in [-0.15, -0.1) is 0 Å². The fraction of sp³-hybridized carbons (Fsp3) is 0.706. The minimum atomic E-state index is -0.320. The Morgan fingerprint density at radius 3 is 2.67 bits per heavy atom. The number of nitrogens with one attached hydrogen (secondary N) is 1. The number of piperidine rings is 1. The van der Waals surface area contributed by atoms with Gasteiger partial charge in [-0.3, -0.25) is 13.9 Å². The summed E-state index contributed by atoms with van der Waals surface area (Å²) in [5, 5.41) is 0. The molecule has 1 fully saturated rings. The van der Waals surface area contributed by atoms with Crippen LogP contribution in [0.5, 0.6) is 0 Å². The summed E-state index contributed by atoms with van der Waals surface area (Å²) in [5.74, 6) is 1.66. The van der Waals surface area contributed by atoms with E-state index in [1.807, 2.05) is 4.57 Å². The fourth-order valence-corrected chi connectivity index (χ4v) is 3.87. The van der Waals surface area contributed by atoms with Crippen molar-refractivity contribution >= 4 is 11.2 Å². The van der Waals surface area contributed by atoms with Crippen molar-refractivity contribution in [2.45, 2.75) is 46.2 Å². The zero-order chi connectivity index (χ0) is 17.4. The van der Waals surface area contributed by atoms with E-state index >= 15 is 0 Å². The van der Waals surface area contributed by atoms with Crippen LogP contribution in [0.4, 0.5) is 0 Å². The third-order valence-corrected chi connectivity index (χ3v) is 5.15. The summed E-state index contributed by atoms with van der Waals surface area (Å²) in [5.41, 5.74) is 0.498. The van der Waals surface area contributed by atoms with Crippen LogP contribution in [0.1, 0.15) is 38.9 Å². The Kier molecular flexibility index (Phi) is 4.62. The molecule has 132 valence electrons. The predicted molar refractivity (Wildman–Crippen MR) is 93.3 cm³/mol. The average Bonchev–Trinajstić information content (AvgIpc) is 2.90. The number of fused-ring (bicyclic) bond motifs is 1. The topological polar surface area (TPSA) is 66.3 Å². The molecule has 1 saturated heterocycles. The molecule has 3 heterocycles. The van der Waals surface area contributed by atoms with Crippen LogP contribution < -0.4 is 16.1 Å². The molecule has 2 unspecified atom stereocenters. The van der Waals surface area contributed by atoms with Crippen molar-refractivity contribution in [2.75, 3.05) is 13.1 Å². The smallest absolute Gasteiger partial charge is 0.328 e. The van der Waals surface area contributed by atoms with Crippen LogP contribution in [0, 0.1) is 5.92 Å². The molecule has 1 aliphatic heterocycles. The van der Waals surface area contributed by atoms with Gasteiger partial charge in [0.15, 0.2) is 17.0 Å². The third kappa shape index (κ3) is 2.81. The second kappa shape index (κ2) is 6.55. The monoisotopic (exact) mass is 334 g/mol. The summed E-state index contributed by atoms with van der Waals surface area (Å²) < 4.78 is 4.69. The van der Waals surface area contributed by atoms with E-state index in [9.17, 15) is 9.59 Å². The van der Waals surface area contributed by atoms with Gasteiger partial charge in [0.25, 0.3) is 5.56 Å². The Balaban J connectivity index is 2.12. The van der Waals surface area contributed by atoms with Crippen LogP contribution >= 0.6 is 0 Å². The Labute approximate surface area is 141 Å². The minimum Gasteiger partial charge on any atom is -0.328 e. The highest BCUT2D eigenvalue weighted by atomic mass is 16.2. The zero-order valence-corrected chi connectivity index (χ0v) is 15.1. The Morgan fingerprint density at radius 2 is 2.00 bits per heavy atom. The molecule has 2 atom stereocenters. The first-order valence-electron chi connectivity index (χ1n) is 8.92. The summed E-state index contributed by atoms with van der Waals surface area (Å²) in [6.07, 6.45) is 3.46. The lowest BCUT2D eigenvalue weighted by Crippen LogP contribution is -3.12. The standard InChI is InChI=1S/C17H27N5O2/c1-5-8-22-13(11-21-9-6-7-12(2)10-21)18-15-14(22)16(23)20(4)17(24)19(15)3/h12H,5-11H2,1-4H3/p+1. The first-order chi connectivity index (χ1) is 11.4. The second-order valence-electron chi connectivity index (χ2n) is 7.19. The molecular weight excluding hydrogens is 306 g/mol. The second-order valence-corrected chi connectivity index (χ2v) is 7.19. The maximum atomic E-state index is 12.6. The number of aromatic nitrogens is 4. The number of hydrogen-bond acceptors (Lipinski definition) is 3. The Bertz CT molecular complexity index is 860. The normalized spacial score (nSPS) is 21.5. The summed E-state index contributed by atoms with van der Waals surface area (Å²) in [4.78, 5) is 31.0. The van der Waals surface area contributed by atoms with Gasteiger partial charge < -0.3 is 9.47 Å². The van der Waals surface area contributed by atoms with E-state index < -0.39 is 0 Å². The number of quaternary nitrogens is 1. The van der Waals surface area contributed by atoms with Crippen molar-refractivity contribution in [3.05, 3.63) is 26.7 Å². The van der Waals surface area contributed by atoms with Crippen molar-refractivity contribution in [3.63, 3.8) is 0 Å². The van der Waals surface area contributed by atoms with Gasteiger partial charge in [0.05, 0.1) is 13.1 Å². The van der Waals surface area contributed by atoms with E-state index in [4.69, 9.17) is 4.98 Å². The molecule has 3 rings (SSSR count). The van der Waals surface area contributed by atoms with Crippen molar-refractivity contribution in [3.8, 4) is 0 Å². The molecule has 24 heavy (non-hydrogen) atoms. The quantitative estimate of drug-likeness (QED) is 0.832. The fourth-order valence-electron chi connectivity index (χ4n) is 3.87. The molecule has 7 heteroatoms. The van der Waals surface area contributed by atoms with E-state index in [2.05, 4.69) is 13.8 Å². The molecule has 1 aliphatic rings. The number of likely N-dealkylation sites (tertiary alicyclic amines) is 1. The van der Waals surface area contributed by atoms with Crippen LogP contribution in [0.3, 0.4) is 0 Å². The molecule has 2 aromatic heterocycles. The lowest BCUT2D eigenvalue weighted by atomic mass is 10.0. The molecule has 0 bridgehead atoms. The summed E-state index contributed by atoms with van der Waals surface area (Å²) in [7, 11) is 3.22. The largest absolute Gasteiger partial charge is 0.332 e. The number of imidazole rings is 1. The Hall–Kier alpha value is -1.89. The van der Waals surface area contributed by atoms with Gasteiger partial charge in [-0.2, -0.15) is 0 Å². The number of rotatable bonds is 4. The summed E-state index contributed by atoms with van der Waals surface area (Å²) in [6, 6.07) is 0. The highest BCUT2D eigenvalue weighted by molar-refractivity contribution is 5.71. The van der Waals surface area contributed by atoms with Gasteiger partial charge in [0, 0.05) is 26.6 Å². The third-order valence-electron chi connectivity index (χ3n) is 5.15. The summed E-state index contributed by atoms with van der Waals surface area (Å²) >= 11 is 0. The lowest BCUT2D eigenvalue weighted by Gasteiger charge is -2.27. The average molecular weight is 334 g/mol. The maximum absolute atomic E-state index is 12.6.